The van der Waals surface area contributed by atoms with E-state index in [1.54, 1.807) is 0 Å². The third-order valence-electron chi connectivity index (χ3n) is 5.76. The summed E-state index contributed by atoms with van der Waals surface area (Å²) >= 11 is 0. The van der Waals surface area contributed by atoms with Gasteiger partial charge in [-0.15, -0.1) is 0 Å². The minimum atomic E-state index is 0.425. The Labute approximate surface area is 127 Å². The fraction of sp³-hybridized carbons (Fsp3) is 0.882. The van der Waals surface area contributed by atoms with E-state index < -0.39 is 0 Å². The van der Waals surface area contributed by atoms with E-state index in [1.807, 2.05) is 0 Å². The SMILES string of the molecule is CCOC1CCCC(c2nc3n(n2)CC2CCCCC32)C1. The number of aromatic nitrogens is 3. The number of rotatable bonds is 3. The van der Waals surface area contributed by atoms with Crippen molar-refractivity contribution in [3.05, 3.63) is 11.6 Å². The number of ether oxygens (including phenoxy) is 1. The molecule has 0 bridgehead atoms. The van der Waals surface area contributed by atoms with Crippen LogP contribution in [0.3, 0.4) is 0 Å². The molecule has 21 heavy (non-hydrogen) atoms. The van der Waals surface area contributed by atoms with Crippen LogP contribution in [0.5, 0.6) is 0 Å². The second-order valence-electron chi connectivity index (χ2n) is 7.10. The van der Waals surface area contributed by atoms with E-state index in [0.717, 1.165) is 31.3 Å². The predicted molar refractivity (Wildman–Crippen MR) is 81.3 cm³/mol. The summed E-state index contributed by atoms with van der Waals surface area (Å²) in [4.78, 5) is 4.99. The lowest BCUT2D eigenvalue weighted by molar-refractivity contribution is 0.0299. The molecule has 1 aromatic heterocycles. The Kier molecular flexibility index (Phi) is 3.74. The summed E-state index contributed by atoms with van der Waals surface area (Å²) in [5, 5.41) is 4.88. The Bertz CT molecular complexity index is 496. The van der Waals surface area contributed by atoms with Crippen molar-refractivity contribution < 1.29 is 4.74 Å². The van der Waals surface area contributed by atoms with Crippen LogP contribution in [-0.4, -0.2) is 27.5 Å². The van der Waals surface area contributed by atoms with Crippen LogP contribution >= 0.6 is 0 Å². The molecule has 1 aromatic rings. The minimum absolute atomic E-state index is 0.425. The van der Waals surface area contributed by atoms with Crippen LogP contribution in [0.1, 0.15) is 81.8 Å². The molecule has 2 saturated carbocycles. The van der Waals surface area contributed by atoms with Crippen molar-refractivity contribution >= 4 is 0 Å². The smallest absolute Gasteiger partial charge is 0.154 e. The van der Waals surface area contributed by atoms with Gasteiger partial charge in [0.15, 0.2) is 5.82 Å². The Morgan fingerprint density at radius 3 is 2.95 bits per heavy atom. The molecule has 116 valence electrons. The zero-order valence-electron chi connectivity index (χ0n) is 13.1. The third-order valence-corrected chi connectivity index (χ3v) is 5.76. The summed E-state index contributed by atoms with van der Waals surface area (Å²) < 4.78 is 8.07. The predicted octanol–water partition coefficient (Wildman–Crippen LogP) is 3.63. The first-order valence-corrected chi connectivity index (χ1v) is 8.91. The van der Waals surface area contributed by atoms with E-state index in [2.05, 4.69) is 11.6 Å². The van der Waals surface area contributed by atoms with Crippen LogP contribution in [0.2, 0.25) is 0 Å². The number of hydrogen-bond acceptors (Lipinski definition) is 3. The van der Waals surface area contributed by atoms with E-state index >= 15 is 0 Å². The lowest BCUT2D eigenvalue weighted by Crippen LogP contribution is -2.23. The molecular weight excluding hydrogens is 262 g/mol. The zero-order valence-corrected chi connectivity index (χ0v) is 13.1. The quantitative estimate of drug-likeness (QED) is 0.853. The summed E-state index contributed by atoms with van der Waals surface area (Å²) in [6.45, 7) is 4.04. The first kappa shape index (κ1) is 13.7. The standard InChI is InChI=1S/C17H27N3O/c1-2-21-14-8-5-7-12(10-14)16-18-17-15-9-4-3-6-13(15)11-20(17)19-16/h12-15H,2-11H2,1H3. The monoisotopic (exact) mass is 289 g/mol. The van der Waals surface area contributed by atoms with Gasteiger partial charge >= 0.3 is 0 Å². The van der Waals surface area contributed by atoms with Crippen LogP contribution in [0.4, 0.5) is 0 Å². The van der Waals surface area contributed by atoms with E-state index in [1.165, 1.54) is 50.8 Å². The molecule has 3 aliphatic rings. The highest BCUT2D eigenvalue weighted by Gasteiger charge is 2.38. The van der Waals surface area contributed by atoms with Crippen molar-refractivity contribution in [3.63, 3.8) is 0 Å². The molecule has 0 aromatic carbocycles. The molecule has 0 radical (unpaired) electrons. The Morgan fingerprint density at radius 2 is 2.05 bits per heavy atom. The fourth-order valence-corrected chi connectivity index (χ4v) is 4.71. The molecule has 0 amide bonds. The van der Waals surface area contributed by atoms with E-state index in [4.69, 9.17) is 14.8 Å². The van der Waals surface area contributed by atoms with Gasteiger partial charge in [-0.25, -0.2) is 9.67 Å². The van der Waals surface area contributed by atoms with E-state index in [9.17, 15) is 0 Å². The van der Waals surface area contributed by atoms with Crippen molar-refractivity contribution in [2.75, 3.05) is 6.61 Å². The third kappa shape index (κ3) is 2.52. The number of nitrogens with zero attached hydrogens (tertiary/aromatic N) is 3. The second-order valence-corrected chi connectivity index (χ2v) is 7.10. The highest BCUT2D eigenvalue weighted by atomic mass is 16.5. The van der Waals surface area contributed by atoms with Gasteiger partial charge in [0.1, 0.15) is 5.82 Å². The van der Waals surface area contributed by atoms with Gasteiger partial charge in [0.25, 0.3) is 0 Å². The lowest BCUT2D eigenvalue weighted by atomic mass is 9.81. The lowest BCUT2D eigenvalue weighted by Gasteiger charge is -2.27. The molecule has 2 fully saturated rings. The molecule has 0 saturated heterocycles. The molecule has 4 unspecified atom stereocenters. The molecule has 2 aliphatic carbocycles. The fourth-order valence-electron chi connectivity index (χ4n) is 4.71. The van der Waals surface area contributed by atoms with Gasteiger partial charge in [-0.2, -0.15) is 5.10 Å². The van der Waals surface area contributed by atoms with Crippen molar-refractivity contribution in [1.82, 2.24) is 14.8 Å². The van der Waals surface area contributed by atoms with Crippen LogP contribution < -0.4 is 0 Å². The van der Waals surface area contributed by atoms with Gasteiger partial charge in [-0.05, 0) is 44.9 Å². The summed E-state index contributed by atoms with van der Waals surface area (Å²) in [6, 6.07) is 0. The molecular formula is C17H27N3O. The van der Waals surface area contributed by atoms with Crippen LogP contribution in [0.25, 0.3) is 0 Å². The summed E-state index contributed by atoms with van der Waals surface area (Å²) in [6.07, 6.45) is 10.7. The summed E-state index contributed by atoms with van der Waals surface area (Å²) in [5.74, 6) is 4.46. The van der Waals surface area contributed by atoms with E-state index in [-0.39, 0.29) is 0 Å². The van der Waals surface area contributed by atoms with Crippen molar-refractivity contribution in [1.29, 1.82) is 0 Å². The van der Waals surface area contributed by atoms with Gasteiger partial charge in [0, 0.05) is 25.0 Å². The molecule has 4 atom stereocenters. The maximum absolute atomic E-state index is 5.84. The molecule has 0 N–H and O–H groups in total. The largest absolute Gasteiger partial charge is 0.378 e. The molecule has 1 aliphatic heterocycles. The van der Waals surface area contributed by atoms with Gasteiger partial charge < -0.3 is 4.74 Å². The van der Waals surface area contributed by atoms with Crippen molar-refractivity contribution in [2.45, 2.75) is 82.8 Å². The minimum Gasteiger partial charge on any atom is -0.378 e. The molecule has 2 heterocycles. The van der Waals surface area contributed by atoms with Gasteiger partial charge in [0.2, 0.25) is 0 Å². The van der Waals surface area contributed by atoms with Gasteiger partial charge in [-0.3, -0.25) is 0 Å². The Hall–Kier alpha value is -0.900. The average molecular weight is 289 g/mol. The van der Waals surface area contributed by atoms with Crippen LogP contribution in [0, 0.1) is 5.92 Å². The van der Waals surface area contributed by atoms with Gasteiger partial charge in [0.05, 0.1) is 6.10 Å². The Morgan fingerprint density at radius 1 is 1.14 bits per heavy atom. The maximum atomic E-state index is 5.84. The number of fused-ring (bicyclic) bond motifs is 3. The molecule has 0 spiro atoms. The molecule has 4 rings (SSSR count). The molecule has 4 heteroatoms. The topological polar surface area (TPSA) is 39.9 Å². The van der Waals surface area contributed by atoms with Crippen LogP contribution in [0.15, 0.2) is 0 Å². The van der Waals surface area contributed by atoms with Gasteiger partial charge in [-0.1, -0.05) is 19.3 Å². The van der Waals surface area contributed by atoms with E-state index in [0.29, 0.717) is 17.9 Å². The first-order valence-electron chi connectivity index (χ1n) is 8.91. The highest BCUT2D eigenvalue weighted by molar-refractivity contribution is 5.11. The number of hydrogen-bond donors (Lipinski definition) is 0. The normalized spacial score (nSPS) is 35.5. The molecule has 4 nitrogen and oxygen atoms in total. The summed E-state index contributed by atoms with van der Waals surface area (Å²) in [5.41, 5.74) is 0. The maximum Gasteiger partial charge on any atom is 0.154 e. The summed E-state index contributed by atoms with van der Waals surface area (Å²) in [7, 11) is 0. The van der Waals surface area contributed by atoms with Crippen molar-refractivity contribution in [2.24, 2.45) is 5.92 Å². The first-order chi connectivity index (χ1) is 10.3. The Balaban J connectivity index is 1.50. The second kappa shape index (κ2) is 5.71. The highest BCUT2D eigenvalue weighted by Crippen LogP contribution is 2.43. The zero-order chi connectivity index (χ0) is 14.2. The average Bonchev–Trinajstić information content (AvgIpc) is 3.05. The van der Waals surface area contributed by atoms with Crippen LogP contribution in [-0.2, 0) is 11.3 Å². The van der Waals surface area contributed by atoms with Crippen molar-refractivity contribution in [3.8, 4) is 0 Å².